The summed E-state index contributed by atoms with van der Waals surface area (Å²) in [7, 11) is -3.59. The number of aryl methyl sites for hydroxylation is 1. The smallest absolute Gasteiger partial charge is 0.236 e. The van der Waals surface area contributed by atoms with Crippen LogP contribution in [0, 0.1) is 12.3 Å². The van der Waals surface area contributed by atoms with Crippen LogP contribution in [0.1, 0.15) is 57.6 Å². The lowest BCUT2D eigenvalue weighted by molar-refractivity contribution is -0.127. The Labute approximate surface area is 185 Å². The first-order valence-corrected chi connectivity index (χ1v) is 12.5. The number of benzene rings is 2. The molecule has 1 aliphatic carbocycles. The van der Waals surface area contributed by atoms with Crippen LogP contribution in [0.15, 0.2) is 47.4 Å². The zero-order valence-electron chi connectivity index (χ0n) is 18.8. The average Bonchev–Trinajstić information content (AvgIpc) is 3.22. The summed E-state index contributed by atoms with van der Waals surface area (Å²) < 4.78 is 32.9. The van der Waals surface area contributed by atoms with Gasteiger partial charge < -0.3 is 9.64 Å². The van der Waals surface area contributed by atoms with Crippen molar-refractivity contribution >= 4 is 21.4 Å². The molecule has 0 radical (unpaired) electrons. The summed E-state index contributed by atoms with van der Waals surface area (Å²) in [6.07, 6.45) is 2.92. The maximum absolute atomic E-state index is 13.9. The fourth-order valence-corrected chi connectivity index (χ4v) is 7.06. The lowest BCUT2D eigenvalue weighted by Crippen LogP contribution is -2.42. The van der Waals surface area contributed by atoms with Gasteiger partial charge in [0.2, 0.25) is 5.91 Å². The number of sulfone groups is 1. The van der Waals surface area contributed by atoms with E-state index in [1.54, 1.807) is 17.0 Å². The van der Waals surface area contributed by atoms with E-state index in [1.807, 2.05) is 58.0 Å². The minimum absolute atomic E-state index is 0.0179. The van der Waals surface area contributed by atoms with Crippen LogP contribution in [-0.2, 0) is 19.4 Å². The lowest BCUT2D eigenvalue weighted by Gasteiger charge is -2.31. The molecule has 1 heterocycles. The average molecular weight is 442 g/mol. The first-order chi connectivity index (χ1) is 14.6. The number of fused-ring (bicyclic) bond motifs is 1. The van der Waals surface area contributed by atoms with E-state index in [0.29, 0.717) is 35.7 Å². The molecule has 0 bridgehead atoms. The van der Waals surface area contributed by atoms with Gasteiger partial charge in [0.1, 0.15) is 17.1 Å². The first kappa shape index (κ1) is 21.9. The SMILES string of the molecule is CCN1C(=O)C(C)(C)COc2cc(C3(S(=O)(=O)c4ccc(C)cc4)CCCC3)ccc21. The Morgan fingerprint density at radius 1 is 1.03 bits per heavy atom. The number of anilines is 1. The molecule has 1 aliphatic heterocycles. The molecule has 0 spiro atoms. The summed E-state index contributed by atoms with van der Waals surface area (Å²) in [5.41, 5.74) is 1.86. The van der Waals surface area contributed by atoms with Gasteiger partial charge in [-0.2, -0.15) is 0 Å². The molecule has 1 fully saturated rings. The topological polar surface area (TPSA) is 63.7 Å². The lowest BCUT2D eigenvalue weighted by atomic mass is 9.93. The fraction of sp³-hybridized carbons (Fsp3) is 0.480. The Hall–Kier alpha value is -2.34. The molecule has 166 valence electrons. The maximum atomic E-state index is 13.9. The monoisotopic (exact) mass is 441 g/mol. The van der Waals surface area contributed by atoms with Crippen molar-refractivity contribution in [3.8, 4) is 5.75 Å². The Bertz CT molecular complexity index is 1100. The van der Waals surface area contributed by atoms with Crippen molar-refractivity contribution < 1.29 is 17.9 Å². The first-order valence-electron chi connectivity index (χ1n) is 11.0. The molecule has 0 unspecified atom stereocenters. The number of carbonyl (C=O) groups excluding carboxylic acids is 1. The largest absolute Gasteiger partial charge is 0.490 e. The molecule has 0 saturated heterocycles. The van der Waals surface area contributed by atoms with Gasteiger partial charge in [-0.05, 0) is 70.4 Å². The highest BCUT2D eigenvalue weighted by Crippen LogP contribution is 2.50. The van der Waals surface area contributed by atoms with Crippen molar-refractivity contribution in [1.82, 2.24) is 0 Å². The zero-order valence-corrected chi connectivity index (χ0v) is 19.6. The normalized spacial score (nSPS) is 20.1. The molecule has 2 aromatic rings. The summed E-state index contributed by atoms with van der Waals surface area (Å²) in [4.78, 5) is 15.1. The van der Waals surface area contributed by atoms with Gasteiger partial charge in [-0.25, -0.2) is 8.42 Å². The molecule has 0 N–H and O–H groups in total. The van der Waals surface area contributed by atoms with Crippen LogP contribution in [-0.4, -0.2) is 27.5 Å². The third-order valence-corrected chi connectivity index (χ3v) is 9.33. The van der Waals surface area contributed by atoms with Gasteiger partial charge in [-0.15, -0.1) is 0 Å². The second kappa shape index (κ2) is 7.66. The predicted octanol–water partition coefficient (Wildman–Crippen LogP) is 5.01. The van der Waals surface area contributed by atoms with E-state index < -0.39 is 20.0 Å². The predicted molar refractivity (Wildman–Crippen MR) is 122 cm³/mol. The Balaban J connectivity index is 1.84. The number of hydrogen-bond donors (Lipinski definition) is 0. The minimum atomic E-state index is -3.59. The van der Waals surface area contributed by atoms with E-state index in [2.05, 4.69) is 0 Å². The van der Waals surface area contributed by atoms with E-state index in [9.17, 15) is 13.2 Å². The number of carbonyl (C=O) groups is 1. The highest BCUT2D eigenvalue weighted by Gasteiger charge is 2.49. The Kier molecular flexibility index (Phi) is 5.41. The third-order valence-electron chi connectivity index (χ3n) is 6.76. The second-order valence-corrected chi connectivity index (χ2v) is 11.7. The molecule has 1 saturated carbocycles. The number of rotatable bonds is 4. The van der Waals surface area contributed by atoms with Gasteiger partial charge in [-0.1, -0.05) is 36.6 Å². The van der Waals surface area contributed by atoms with Crippen LogP contribution < -0.4 is 9.64 Å². The highest BCUT2D eigenvalue weighted by atomic mass is 32.2. The van der Waals surface area contributed by atoms with Gasteiger partial charge >= 0.3 is 0 Å². The van der Waals surface area contributed by atoms with Gasteiger partial charge in [0.05, 0.1) is 16.0 Å². The van der Waals surface area contributed by atoms with Gasteiger partial charge in [0.15, 0.2) is 9.84 Å². The van der Waals surface area contributed by atoms with Crippen LogP contribution in [0.4, 0.5) is 5.69 Å². The molecule has 1 amide bonds. The molecule has 31 heavy (non-hydrogen) atoms. The molecule has 5 nitrogen and oxygen atoms in total. The summed E-state index contributed by atoms with van der Waals surface area (Å²) in [5, 5.41) is 0. The second-order valence-electron chi connectivity index (χ2n) is 9.42. The summed E-state index contributed by atoms with van der Waals surface area (Å²) in [6, 6.07) is 12.7. The number of nitrogens with zero attached hydrogens (tertiary/aromatic N) is 1. The molecular weight excluding hydrogens is 410 g/mol. The van der Waals surface area contributed by atoms with Crippen molar-refractivity contribution in [3.63, 3.8) is 0 Å². The summed E-state index contributed by atoms with van der Waals surface area (Å²) >= 11 is 0. The quantitative estimate of drug-likeness (QED) is 0.669. The zero-order chi connectivity index (χ0) is 22.4. The minimum Gasteiger partial charge on any atom is -0.490 e. The Morgan fingerprint density at radius 2 is 1.68 bits per heavy atom. The maximum Gasteiger partial charge on any atom is 0.236 e. The molecule has 2 aromatic carbocycles. The van der Waals surface area contributed by atoms with E-state index in [4.69, 9.17) is 4.74 Å². The van der Waals surface area contributed by atoms with E-state index in [0.717, 1.165) is 24.0 Å². The third kappa shape index (κ3) is 3.45. The van der Waals surface area contributed by atoms with Crippen molar-refractivity contribution in [2.75, 3.05) is 18.1 Å². The molecule has 0 atom stereocenters. The van der Waals surface area contributed by atoms with Crippen molar-refractivity contribution in [2.45, 2.75) is 63.0 Å². The number of amides is 1. The summed E-state index contributed by atoms with van der Waals surface area (Å²) in [6.45, 7) is 8.45. The number of ether oxygens (including phenoxy) is 1. The molecular formula is C25H31NO4S. The highest BCUT2D eigenvalue weighted by molar-refractivity contribution is 7.92. The fourth-order valence-electron chi connectivity index (χ4n) is 4.85. The number of hydrogen-bond acceptors (Lipinski definition) is 4. The molecule has 0 aromatic heterocycles. The molecule has 6 heteroatoms. The van der Waals surface area contributed by atoms with Crippen LogP contribution in [0.3, 0.4) is 0 Å². The van der Waals surface area contributed by atoms with Crippen molar-refractivity contribution in [3.05, 3.63) is 53.6 Å². The van der Waals surface area contributed by atoms with Crippen molar-refractivity contribution in [2.24, 2.45) is 5.41 Å². The summed E-state index contributed by atoms with van der Waals surface area (Å²) in [5.74, 6) is 0.605. The van der Waals surface area contributed by atoms with Gasteiger partial charge in [-0.3, -0.25) is 4.79 Å². The van der Waals surface area contributed by atoms with E-state index in [-0.39, 0.29) is 12.5 Å². The van der Waals surface area contributed by atoms with Crippen LogP contribution in [0.5, 0.6) is 5.75 Å². The van der Waals surface area contributed by atoms with E-state index in [1.165, 1.54) is 0 Å². The van der Waals surface area contributed by atoms with Crippen molar-refractivity contribution in [1.29, 1.82) is 0 Å². The van der Waals surface area contributed by atoms with Crippen LogP contribution in [0.25, 0.3) is 0 Å². The standard InChI is InChI=1S/C25H31NO4S/c1-5-26-21-13-10-19(16-22(21)30-17-24(3,4)23(26)27)25(14-6-7-15-25)31(28,29)20-11-8-18(2)9-12-20/h8-13,16H,5-7,14-15,17H2,1-4H3. The van der Waals surface area contributed by atoms with Crippen LogP contribution in [0.2, 0.25) is 0 Å². The molecule has 4 rings (SSSR count). The van der Waals surface area contributed by atoms with Gasteiger partial charge in [0, 0.05) is 6.54 Å². The van der Waals surface area contributed by atoms with Gasteiger partial charge in [0.25, 0.3) is 0 Å². The van der Waals surface area contributed by atoms with E-state index >= 15 is 0 Å². The Morgan fingerprint density at radius 3 is 2.29 bits per heavy atom. The molecule has 2 aliphatic rings. The van der Waals surface area contributed by atoms with Crippen LogP contribution >= 0.6 is 0 Å².